The standard InChI is InChI=1S/C25H26F3N3O2/c1-15-10-11-20-19(12-15)21(14-23(31-20)25(26,27)28)29-16-6-5-7-17(13-16)30-24(32)18-8-3-4-9-22(18)33-2/h3-4,8-12,14,16-17H,5-7,13H2,1-2H3,(H,29,31)(H,30,32)/t16-,17+/m0/s1. The zero-order valence-corrected chi connectivity index (χ0v) is 18.5. The molecule has 1 aliphatic carbocycles. The second-order valence-corrected chi connectivity index (χ2v) is 8.45. The lowest BCUT2D eigenvalue weighted by Gasteiger charge is -2.31. The molecule has 2 aromatic carbocycles. The van der Waals surface area contributed by atoms with Crippen molar-refractivity contribution in [3.05, 3.63) is 65.4 Å². The number of para-hydroxylation sites is 1. The number of hydrogen-bond acceptors (Lipinski definition) is 4. The van der Waals surface area contributed by atoms with Gasteiger partial charge in [0.15, 0.2) is 0 Å². The molecule has 1 aromatic heterocycles. The fourth-order valence-electron chi connectivity index (χ4n) is 4.37. The Hall–Kier alpha value is -3.29. The Labute approximate surface area is 190 Å². The van der Waals surface area contributed by atoms with Crippen LogP contribution in [-0.4, -0.2) is 30.1 Å². The molecule has 2 N–H and O–H groups in total. The Balaban J connectivity index is 1.53. The van der Waals surface area contributed by atoms with E-state index in [1.807, 2.05) is 13.0 Å². The van der Waals surface area contributed by atoms with E-state index in [0.29, 0.717) is 34.3 Å². The zero-order valence-electron chi connectivity index (χ0n) is 18.5. The second kappa shape index (κ2) is 9.29. The summed E-state index contributed by atoms with van der Waals surface area (Å²) in [5.74, 6) is 0.279. The quantitative estimate of drug-likeness (QED) is 0.514. The lowest BCUT2D eigenvalue weighted by atomic mass is 9.90. The molecule has 0 saturated heterocycles. The number of nitrogens with zero attached hydrogens (tertiary/aromatic N) is 1. The van der Waals surface area contributed by atoms with Gasteiger partial charge in [0.1, 0.15) is 11.4 Å². The normalized spacial score (nSPS) is 18.7. The first kappa shape index (κ1) is 22.9. The first-order chi connectivity index (χ1) is 15.7. The van der Waals surface area contributed by atoms with Crippen molar-refractivity contribution in [2.45, 2.75) is 50.9 Å². The maximum atomic E-state index is 13.4. The topological polar surface area (TPSA) is 63.2 Å². The second-order valence-electron chi connectivity index (χ2n) is 8.45. The number of alkyl halides is 3. The first-order valence-corrected chi connectivity index (χ1v) is 10.9. The van der Waals surface area contributed by atoms with Gasteiger partial charge in [-0.3, -0.25) is 4.79 Å². The van der Waals surface area contributed by atoms with Crippen LogP contribution in [0.2, 0.25) is 0 Å². The number of methoxy groups -OCH3 is 1. The highest BCUT2D eigenvalue weighted by molar-refractivity contribution is 5.97. The van der Waals surface area contributed by atoms with Crippen LogP contribution in [0.5, 0.6) is 5.75 Å². The largest absolute Gasteiger partial charge is 0.496 e. The molecule has 1 saturated carbocycles. The third kappa shape index (κ3) is 5.21. The number of hydrogen-bond donors (Lipinski definition) is 2. The van der Waals surface area contributed by atoms with Crippen molar-refractivity contribution < 1.29 is 22.7 Å². The van der Waals surface area contributed by atoms with Gasteiger partial charge in [-0.25, -0.2) is 4.98 Å². The molecule has 0 radical (unpaired) electrons. The number of nitrogens with one attached hydrogen (secondary N) is 2. The summed E-state index contributed by atoms with van der Waals surface area (Å²) >= 11 is 0. The van der Waals surface area contributed by atoms with Gasteiger partial charge in [-0.1, -0.05) is 23.8 Å². The monoisotopic (exact) mass is 457 g/mol. The third-order valence-electron chi connectivity index (χ3n) is 5.98. The van der Waals surface area contributed by atoms with E-state index in [4.69, 9.17) is 4.74 Å². The number of aromatic nitrogens is 1. The van der Waals surface area contributed by atoms with Gasteiger partial charge in [0.25, 0.3) is 5.91 Å². The summed E-state index contributed by atoms with van der Waals surface area (Å²) in [6, 6.07) is 13.1. The van der Waals surface area contributed by atoms with Crippen LogP contribution in [0.4, 0.5) is 18.9 Å². The number of anilines is 1. The number of halogens is 3. The number of fused-ring (bicyclic) bond motifs is 1. The molecule has 5 nitrogen and oxygen atoms in total. The van der Waals surface area contributed by atoms with Gasteiger partial charge < -0.3 is 15.4 Å². The smallest absolute Gasteiger partial charge is 0.433 e. The molecule has 0 aliphatic heterocycles. The molecular weight excluding hydrogens is 431 g/mol. The van der Waals surface area contributed by atoms with Gasteiger partial charge in [-0.2, -0.15) is 13.2 Å². The average Bonchev–Trinajstić information content (AvgIpc) is 2.78. The summed E-state index contributed by atoms with van der Waals surface area (Å²) < 4.78 is 45.6. The maximum Gasteiger partial charge on any atom is 0.433 e. The molecule has 1 amide bonds. The van der Waals surface area contributed by atoms with Gasteiger partial charge in [0, 0.05) is 23.2 Å². The van der Waals surface area contributed by atoms with E-state index in [1.165, 1.54) is 7.11 Å². The molecule has 174 valence electrons. The predicted octanol–water partition coefficient (Wildman–Crippen LogP) is 5.72. The summed E-state index contributed by atoms with van der Waals surface area (Å²) in [5, 5.41) is 7.03. The maximum absolute atomic E-state index is 13.4. The Morgan fingerprint density at radius 1 is 1.09 bits per heavy atom. The Bertz CT molecular complexity index is 1160. The molecule has 1 aliphatic rings. The molecule has 8 heteroatoms. The van der Waals surface area contributed by atoms with Crippen LogP contribution in [0.15, 0.2) is 48.5 Å². The SMILES string of the molecule is COc1ccccc1C(=O)N[C@@H]1CCC[C@H](Nc2cc(C(F)(F)F)nc3ccc(C)cc23)C1. The van der Waals surface area contributed by atoms with Crippen molar-refractivity contribution in [3.8, 4) is 5.75 Å². The number of rotatable bonds is 5. The van der Waals surface area contributed by atoms with E-state index in [-0.39, 0.29) is 18.0 Å². The van der Waals surface area contributed by atoms with Crippen LogP contribution in [0.3, 0.4) is 0 Å². The van der Waals surface area contributed by atoms with Gasteiger partial charge in [-0.15, -0.1) is 0 Å². The number of amides is 1. The zero-order chi connectivity index (χ0) is 23.6. The Morgan fingerprint density at radius 2 is 1.85 bits per heavy atom. The van der Waals surface area contributed by atoms with Crippen molar-refractivity contribution in [1.82, 2.24) is 10.3 Å². The summed E-state index contributed by atoms with van der Waals surface area (Å²) in [7, 11) is 1.52. The highest BCUT2D eigenvalue weighted by atomic mass is 19.4. The van der Waals surface area contributed by atoms with E-state index >= 15 is 0 Å². The molecule has 4 rings (SSSR count). The number of carbonyl (C=O) groups is 1. The van der Waals surface area contributed by atoms with Crippen LogP contribution < -0.4 is 15.4 Å². The number of aryl methyl sites for hydroxylation is 1. The fourth-order valence-corrected chi connectivity index (χ4v) is 4.37. The van der Waals surface area contributed by atoms with E-state index in [2.05, 4.69) is 15.6 Å². The van der Waals surface area contributed by atoms with E-state index in [9.17, 15) is 18.0 Å². The average molecular weight is 457 g/mol. The van der Waals surface area contributed by atoms with Gasteiger partial charge >= 0.3 is 6.18 Å². The van der Waals surface area contributed by atoms with Gasteiger partial charge in [0.05, 0.1) is 18.2 Å². The Kier molecular flexibility index (Phi) is 6.44. The molecule has 0 spiro atoms. The summed E-state index contributed by atoms with van der Waals surface area (Å²) in [6.45, 7) is 1.89. The van der Waals surface area contributed by atoms with Crippen molar-refractivity contribution in [3.63, 3.8) is 0 Å². The van der Waals surface area contributed by atoms with E-state index in [1.54, 1.807) is 36.4 Å². The van der Waals surface area contributed by atoms with Crippen molar-refractivity contribution >= 4 is 22.5 Å². The molecular formula is C25H26F3N3O2. The number of ether oxygens (including phenoxy) is 1. The number of carbonyl (C=O) groups excluding carboxylic acids is 1. The highest BCUT2D eigenvalue weighted by Gasteiger charge is 2.34. The molecule has 1 heterocycles. The lowest BCUT2D eigenvalue weighted by molar-refractivity contribution is -0.140. The lowest BCUT2D eigenvalue weighted by Crippen LogP contribution is -2.42. The van der Waals surface area contributed by atoms with Crippen molar-refractivity contribution in [1.29, 1.82) is 0 Å². The summed E-state index contributed by atoms with van der Waals surface area (Å²) in [5.41, 5.74) is 1.20. The fraction of sp³-hybridized carbons (Fsp3) is 0.360. The van der Waals surface area contributed by atoms with Gasteiger partial charge in [0.2, 0.25) is 0 Å². The summed E-state index contributed by atoms with van der Waals surface area (Å²) in [6.07, 6.45) is -1.46. The van der Waals surface area contributed by atoms with Crippen LogP contribution in [0.1, 0.15) is 47.3 Å². The molecule has 0 unspecified atom stereocenters. The van der Waals surface area contributed by atoms with E-state index < -0.39 is 11.9 Å². The molecule has 2 atom stereocenters. The number of pyridine rings is 1. The minimum absolute atomic E-state index is 0.0751. The van der Waals surface area contributed by atoms with Crippen LogP contribution in [0, 0.1) is 6.92 Å². The van der Waals surface area contributed by atoms with Gasteiger partial charge in [-0.05, 0) is 62.9 Å². The summed E-state index contributed by atoms with van der Waals surface area (Å²) in [4.78, 5) is 16.6. The molecule has 0 bridgehead atoms. The molecule has 1 fully saturated rings. The van der Waals surface area contributed by atoms with E-state index in [0.717, 1.165) is 30.9 Å². The minimum Gasteiger partial charge on any atom is -0.496 e. The minimum atomic E-state index is -4.53. The molecule has 3 aromatic rings. The Morgan fingerprint density at radius 3 is 2.61 bits per heavy atom. The van der Waals surface area contributed by atoms with Crippen LogP contribution >= 0.6 is 0 Å². The van der Waals surface area contributed by atoms with Crippen molar-refractivity contribution in [2.75, 3.05) is 12.4 Å². The number of benzene rings is 2. The third-order valence-corrected chi connectivity index (χ3v) is 5.98. The first-order valence-electron chi connectivity index (χ1n) is 10.9. The van der Waals surface area contributed by atoms with Crippen LogP contribution in [0.25, 0.3) is 10.9 Å². The molecule has 33 heavy (non-hydrogen) atoms. The van der Waals surface area contributed by atoms with Crippen LogP contribution in [-0.2, 0) is 6.18 Å². The van der Waals surface area contributed by atoms with Crippen molar-refractivity contribution in [2.24, 2.45) is 0 Å². The highest BCUT2D eigenvalue weighted by Crippen LogP contribution is 2.35. The predicted molar refractivity (Wildman–Crippen MR) is 122 cm³/mol.